The van der Waals surface area contributed by atoms with Crippen LogP contribution >= 0.6 is 0 Å². The third-order valence-corrected chi connectivity index (χ3v) is 5.78. The zero-order valence-electron chi connectivity index (χ0n) is 16.2. The molecule has 4 heteroatoms. The third kappa shape index (κ3) is 4.10. The second-order valence-corrected chi connectivity index (χ2v) is 7.74. The van der Waals surface area contributed by atoms with Crippen molar-refractivity contribution in [3.8, 4) is 0 Å². The molecule has 0 aliphatic carbocycles. The molecule has 27 heavy (non-hydrogen) atoms. The molecule has 0 unspecified atom stereocenters. The highest BCUT2D eigenvalue weighted by Gasteiger charge is 2.24. The number of carbonyl (C=O) groups excluding carboxylic acids is 1. The fraction of sp³-hybridized carbons (Fsp3) is 0.435. The Kier molecular flexibility index (Phi) is 5.33. The van der Waals surface area contributed by atoms with Crippen LogP contribution in [-0.2, 0) is 17.8 Å². The Labute approximate surface area is 162 Å². The van der Waals surface area contributed by atoms with Crippen LogP contribution in [0.4, 0.5) is 11.4 Å². The molecule has 2 aliphatic heterocycles. The van der Waals surface area contributed by atoms with Gasteiger partial charge in [0.25, 0.3) is 0 Å². The summed E-state index contributed by atoms with van der Waals surface area (Å²) in [6, 6.07) is 16.7. The van der Waals surface area contributed by atoms with Crippen molar-refractivity contribution in [2.45, 2.75) is 45.2 Å². The van der Waals surface area contributed by atoms with E-state index in [9.17, 15) is 4.79 Å². The fourth-order valence-electron chi connectivity index (χ4n) is 4.19. The molecule has 142 valence electrons. The minimum absolute atomic E-state index is 0.171. The lowest BCUT2D eigenvalue weighted by molar-refractivity contribution is -0.132. The lowest BCUT2D eigenvalue weighted by Crippen LogP contribution is -2.43. The first-order valence-electron chi connectivity index (χ1n) is 10.2. The van der Waals surface area contributed by atoms with Gasteiger partial charge in [-0.25, -0.2) is 0 Å². The second-order valence-electron chi connectivity index (χ2n) is 7.74. The predicted octanol–water partition coefficient (Wildman–Crippen LogP) is 4.06. The average Bonchev–Trinajstić information content (AvgIpc) is 2.74. The molecule has 0 saturated carbocycles. The van der Waals surface area contributed by atoms with Crippen LogP contribution in [-0.4, -0.2) is 36.5 Å². The molecular formula is C23H29N3O. The summed E-state index contributed by atoms with van der Waals surface area (Å²) in [4.78, 5) is 17.3. The molecule has 2 aromatic carbocycles. The molecule has 4 rings (SSSR count). The van der Waals surface area contributed by atoms with Crippen molar-refractivity contribution in [1.29, 1.82) is 0 Å². The maximum Gasteiger partial charge on any atom is 0.245 e. The van der Waals surface area contributed by atoms with Gasteiger partial charge in [-0.3, -0.25) is 4.79 Å². The van der Waals surface area contributed by atoms with Gasteiger partial charge in [0.2, 0.25) is 5.91 Å². The van der Waals surface area contributed by atoms with Crippen molar-refractivity contribution < 1.29 is 4.79 Å². The molecule has 0 bridgehead atoms. The topological polar surface area (TPSA) is 35.6 Å². The predicted molar refractivity (Wildman–Crippen MR) is 111 cm³/mol. The van der Waals surface area contributed by atoms with Crippen LogP contribution in [0.5, 0.6) is 0 Å². The maximum atomic E-state index is 12.9. The van der Waals surface area contributed by atoms with Crippen molar-refractivity contribution in [3.63, 3.8) is 0 Å². The van der Waals surface area contributed by atoms with Crippen molar-refractivity contribution >= 4 is 17.3 Å². The first kappa shape index (κ1) is 17.9. The molecule has 0 aromatic heterocycles. The fourth-order valence-corrected chi connectivity index (χ4v) is 4.19. The monoisotopic (exact) mass is 363 g/mol. The molecule has 1 atom stereocenters. The lowest BCUT2D eigenvalue weighted by Gasteiger charge is -2.31. The van der Waals surface area contributed by atoms with E-state index in [4.69, 9.17) is 0 Å². The van der Waals surface area contributed by atoms with Crippen LogP contribution in [0.25, 0.3) is 0 Å². The normalized spacial score (nSPS) is 18.0. The SMILES string of the molecule is C[C@H](Nc1ccc(N2CCCCC2)cc1)C(=O)N1CCc2ccccc2C1. The van der Waals surface area contributed by atoms with Gasteiger partial charge >= 0.3 is 0 Å². The van der Waals surface area contributed by atoms with E-state index in [0.29, 0.717) is 0 Å². The number of hydrogen-bond donors (Lipinski definition) is 1. The molecule has 1 saturated heterocycles. The van der Waals surface area contributed by atoms with Gasteiger partial charge in [-0.2, -0.15) is 0 Å². The average molecular weight is 364 g/mol. The Balaban J connectivity index is 1.36. The summed E-state index contributed by atoms with van der Waals surface area (Å²) in [5, 5.41) is 3.38. The minimum atomic E-state index is -0.226. The Bertz CT molecular complexity index is 780. The largest absolute Gasteiger partial charge is 0.374 e. The van der Waals surface area contributed by atoms with E-state index in [-0.39, 0.29) is 11.9 Å². The van der Waals surface area contributed by atoms with Crippen molar-refractivity contribution in [3.05, 3.63) is 59.7 Å². The number of amides is 1. The van der Waals surface area contributed by atoms with Crippen LogP contribution < -0.4 is 10.2 Å². The smallest absolute Gasteiger partial charge is 0.245 e. The van der Waals surface area contributed by atoms with E-state index < -0.39 is 0 Å². The summed E-state index contributed by atoms with van der Waals surface area (Å²) in [5.74, 6) is 0.171. The molecule has 4 nitrogen and oxygen atoms in total. The number of hydrogen-bond acceptors (Lipinski definition) is 3. The summed E-state index contributed by atoms with van der Waals surface area (Å²) in [7, 11) is 0. The van der Waals surface area contributed by atoms with Gasteiger partial charge in [0.05, 0.1) is 0 Å². The number of benzene rings is 2. The number of nitrogens with zero attached hydrogens (tertiary/aromatic N) is 2. The van der Waals surface area contributed by atoms with Crippen molar-refractivity contribution in [2.75, 3.05) is 29.9 Å². The molecule has 2 aliphatic rings. The Hall–Kier alpha value is -2.49. The molecular weight excluding hydrogens is 334 g/mol. The minimum Gasteiger partial charge on any atom is -0.374 e. The molecule has 0 spiro atoms. The number of nitrogens with one attached hydrogen (secondary N) is 1. The number of fused-ring (bicyclic) bond motifs is 1. The Morgan fingerprint density at radius 3 is 2.37 bits per heavy atom. The van der Waals surface area contributed by atoms with Crippen LogP contribution in [0.15, 0.2) is 48.5 Å². The number of rotatable bonds is 4. The second kappa shape index (κ2) is 8.03. The first-order valence-corrected chi connectivity index (χ1v) is 10.2. The summed E-state index contributed by atoms with van der Waals surface area (Å²) in [5.41, 5.74) is 4.94. The van der Waals surface area contributed by atoms with E-state index in [1.165, 1.54) is 36.1 Å². The van der Waals surface area contributed by atoms with Gasteiger partial charge in [0.1, 0.15) is 6.04 Å². The zero-order valence-corrected chi connectivity index (χ0v) is 16.2. The van der Waals surface area contributed by atoms with E-state index in [1.807, 2.05) is 11.8 Å². The summed E-state index contributed by atoms with van der Waals surface area (Å²) in [6.07, 6.45) is 4.85. The Morgan fingerprint density at radius 2 is 1.63 bits per heavy atom. The standard InChI is InChI=1S/C23H29N3O/c1-18(23(27)26-16-13-19-7-3-4-8-20(19)17-26)24-21-9-11-22(12-10-21)25-14-5-2-6-15-25/h3-4,7-12,18,24H,2,5-6,13-17H2,1H3/t18-/m0/s1. The molecule has 1 fully saturated rings. The summed E-state index contributed by atoms with van der Waals surface area (Å²) >= 11 is 0. The van der Waals surface area contributed by atoms with Crippen LogP contribution in [0.3, 0.4) is 0 Å². The molecule has 2 heterocycles. The van der Waals surface area contributed by atoms with Crippen LogP contribution in [0.2, 0.25) is 0 Å². The van der Waals surface area contributed by atoms with Crippen molar-refractivity contribution in [1.82, 2.24) is 4.90 Å². The molecule has 0 radical (unpaired) electrons. The van der Waals surface area contributed by atoms with Gasteiger partial charge < -0.3 is 15.1 Å². The Morgan fingerprint density at radius 1 is 0.926 bits per heavy atom. The number of piperidine rings is 1. The van der Waals surface area contributed by atoms with E-state index in [0.717, 1.165) is 38.3 Å². The maximum absolute atomic E-state index is 12.9. The van der Waals surface area contributed by atoms with Gasteiger partial charge in [-0.1, -0.05) is 24.3 Å². The molecule has 1 amide bonds. The van der Waals surface area contributed by atoms with Crippen LogP contribution in [0, 0.1) is 0 Å². The third-order valence-electron chi connectivity index (χ3n) is 5.78. The lowest BCUT2D eigenvalue weighted by atomic mass is 9.99. The van der Waals surface area contributed by atoms with Gasteiger partial charge in [-0.15, -0.1) is 0 Å². The molecule has 1 N–H and O–H groups in total. The summed E-state index contributed by atoms with van der Waals surface area (Å²) in [6.45, 7) is 5.78. The molecule has 2 aromatic rings. The van der Waals surface area contributed by atoms with Gasteiger partial charge in [0.15, 0.2) is 0 Å². The summed E-state index contributed by atoms with van der Waals surface area (Å²) < 4.78 is 0. The quantitative estimate of drug-likeness (QED) is 0.890. The van der Waals surface area contributed by atoms with Crippen molar-refractivity contribution in [2.24, 2.45) is 0 Å². The first-order chi connectivity index (χ1) is 13.2. The number of carbonyl (C=O) groups is 1. The van der Waals surface area contributed by atoms with E-state index >= 15 is 0 Å². The zero-order chi connectivity index (χ0) is 18.6. The number of anilines is 2. The van der Waals surface area contributed by atoms with E-state index in [1.54, 1.807) is 0 Å². The van der Waals surface area contributed by atoms with Gasteiger partial charge in [-0.05, 0) is 68.0 Å². The van der Waals surface area contributed by atoms with Gasteiger partial charge in [0, 0.05) is 37.6 Å². The van der Waals surface area contributed by atoms with Crippen LogP contribution in [0.1, 0.15) is 37.3 Å². The van der Waals surface area contributed by atoms with E-state index in [2.05, 4.69) is 58.7 Å². The highest BCUT2D eigenvalue weighted by molar-refractivity contribution is 5.84. The highest BCUT2D eigenvalue weighted by atomic mass is 16.2. The highest BCUT2D eigenvalue weighted by Crippen LogP contribution is 2.23.